The number of aliphatic hydroxyl groups excluding tert-OH is 8. The van der Waals surface area contributed by atoms with Crippen LogP contribution in [0.25, 0.3) is 0 Å². The molecule has 9 atom stereocenters. The molecule has 2 saturated heterocycles. The van der Waals surface area contributed by atoms with Crippen LogP contribution in [-0.4, -0.2) is 115 Å². The molecule has 0 aromatic rings. The van der Waals surface area contributed by atoms with Gasteiger partial charge < -0.3 is 57.9 Å². The van der Waals surface area contributed by atoms with Gasteiger partial charge in [-0.25, -0.2) is 0 Å². The average Bonchev–Trinajstić information content (AvgIpc) is 2.80. The molecular formula is C12H24Na2O11. The molecule has 0 radical (unpaired) electrons. The Morgan fingerprint density at radius 2 is 1.36 bits per heavy atom. The summed E-state index contributed by atoms with van der Waals surface area (Å²) < 4.78 is 15.4. The predicted molar refractivity (Wildman–Crippen MR) is 70.9 cm³/mol. The quantitative estimate of drug-likeness (QED) is 0.208. The van der Waals surface area contributed by atoms with Gasteiger partial charge in [0.15, 0.2) is 6.29 Å². The Morgan fingerprint density at radius 3 is 1.80 bits per heavy atom. The first kappa shape index (κ1) is 26.6. The first-order chi connectivity index (χ1) is 10.8. The summed E-state index contributed by atoms with van der Waals surface area (Å²) in [5.41, 5.74) is 0. The standard InChI is InChI=1S/C12H22O11.2Na.2H/c13-1-4-6(16)8(18)9(19)11(21-4)23-12(3-15)10(20)7(17)5(2-14)22-12;;;;/h4-11,13-20H,1-3H2;;;;/q;2*+1;2*-1/t4-,5-,6-,7-,8+,9-,10+,11-,12+;;;;/m1..../s1. The van der Waals surface area contributed by atoms with E-state index in [1.165, 1.54) is 0 Å². The molecular weight excluding hydrogens is 366 g/mol. The Bertz CT molecular complexity index is 414. The molecule has 0 spiro atoms. The molecule has 2 fully saturated rings. The summed E-state index contributed by atoms with van der Waals surface area (Å²) in [5.74, 6) is -2.22. The van der Waals surface area contributed by atoms with E-state index in [1.807, 2.05) is 0 Å². The molecule has 0 aliphatic carbocycles. The number of aliphatic hydroxyl groups is 8. The minimum Gasteiger partial charge on any atom is -1.00 e. The van der Waals surface area contributed by atoms with Crippen LogP contribution in [0.15, 0.2) is 0 Å². The third kappa shape index (κ3) is 5.14. The second-order valence-corrected chi connectivity index (χ2v) is 5.56. The van der Waals surface area contributed by atoms with E-state index >= 15 is 0 Å². The molecule has 0 saturated carbocycles. The summed E-state index contributed by atoms with van der Waals surface area (Å²) >= 11 is 0. The Labute approximate surface area is 190 Å². The van der Waals surface area contributed by atoms with Gasteiger partial charge in [0.2, 0.25) is 5.79 Å². The van der Waals surface area contributed by atoms with Crippen LogP contribution in [0.5, 0.6) is 0 Å². The fourth-order valence-electron chi connectivity index (χ4n) is 2.63. The van der Waals surface area contributed by atoms with Crippen LogP contribution in [0.4, 0.5) is 0 Å². The van der Waals surface area contributed by atoms with Gasteiger partial charge in [0.05, 0.1) is 13.2 Å². The second kappa shape index (κ2) is 10.9. The fraction of sp³-hybridized carbons (Fsp3) is 1.00. The van der Waals surface area contributed by atoms with Gasteiger partial charge in [-0.3, -0.25) is 0 Å². The van der Waals surface area contributed by atoms with E-state index in [0.29, 0.717) is 0 Å². The van der Waals surface area contributed by atoms with Gasteiger partial charge in [0.1, 0.15) is 49.3 Å². The van der Waals surface area contributed by atoms with Gasteiger partial charge >= 0.3 is 59.1 Å². The molecule has 2 aliphatic heterocycles. The molecule has 0 unspecified atom stereocenters. The van der Waals surface area contributed by atoms with Crippen molar-refractivity contribution in [2.24, 2.45) is 0 Å². The van der Waals surface area contributed by atoms with E-state index in [4.69, 9.17) is 24.4 Å². The Hall–Kier alpha value is 1.56. The largest absolute Gasteiger partial charge is 1.00 e. The van der Waals surface area contributed by atoms with Crippen molar-refractivity contribution in [1.82, 2.24) is 0 Å². The van der Waals surface area contributed by atoms with Crippen molar-refractivity contribution in [3.63, 3.8) is 0 Å². The summed E-state index contributed by atoms with van der Waals surface area (Å²) in [4.78, 5) is 0. The smallest absolute Gasteiger partial charge is 1.00 e. The van der Waals surface area contributed by atoms with Crippen LogP contribution in [0.2, 0.25) is 0 Å². The number of rotatable bonds is 5. The van der Waals surface area contributed by atoms with Crippen molar-refractivity contribution in [1.29, 1.82) is 0 Å². The minimum atomic E-state index is -2.22. The maximum Gasteiger partial charge on any atom is 1.00 e. The SMILES string of the molecule is OC[C@H]1O[C@@](CO)(O[C@H]2O[C@H](CO)[C@@H](O)[C@H](O)[C@H]2O)[C@@H](O)[C@@H]1O.[H-].[H-].[Na+].[Na+]. The molecule has 2 heterocycles. The Kier molecular flexibility index (Phi) is 11.6. The topological polar surface area (TPSA) is 190 Å². The molecule has 25 heavy (non-hydrogen) atoms. The second-order valence-electron chi connectivity index (χ2n) is 5.56. The molecule has 2 rings (SSSR count). The molecule has 0 aromatic carbocycles. The third-order valence-electron chi connectivity index (χ3n) is 4.07. The van der Waals surface area contributed by atoms with Crippen LogP contribution in [0.3, 0.4) is 0 Å². The van der Waals surface area contributed by atoms with Crippen molar-refractivity contribution in [3.05, 3.63) is 0 Å². The molecule has 0 amide bonds. The monoisotopic (exact) mass is 390 g/mol. The third-order valence-corrected chi connectivity index (χ3v) is 4.07. The van der Waals surface area contributed by atoms with Crippen molar-refractivity contribution in [2.75, 3.05) is 19.8 Å². The van der Waals surface area contributed by atoms with Crippen LogP contribution in [-0.2, 0) is 14.2 Å². The molecule has 8 N–H and O–H groups in total. The van der Waals surface area contributed by atoms with Gasteiger partial charge in [-0.05, 0) is 0 Å². The fourth-order valence-corrected chi connectivity index (χ4v) is 2.63. The van der Waals surface area contributed by atoms with Gasteiger partial charge in [-0.15, -0.1) is 0 Å². The van der Waals surface area contributed by atoms with E-state index in [1.54, 1.807) is 0 Å². The average molecular weight is 390 g/mol. The number of hydrogen-bond acceptors (Lipinski definition) is 11. The van der Waals surface area contributed by atoms with Crippen molar-refractivity contribution < 1.29 is 117 Å². The normalized spacial score (nSPS) is 47.0. The summed E-state index contributed by atoms with van der Waals surface area (Å²) in [6.45, 7) is -2.32. The van der Waals surface area contributed by atoms with Crippen LogP contribution >= 0.6 is 0 Å². The molecule has 140 valence electrons. The van der Waals surface area contributed by atoms with E-state index in [-0.39, 0.29) is 62.0 Å². The van der Waals surface area contributed by atoms with Gasteiger partial charge in [0.25, 0.3) is 0 Å². The summed E-state index contributed by atoms with van der Waals surface area (Å²) in [5, 5.41) is 76.7. The zero-order valence-corrected chi connectivity index (χ0v) is 18.0. The Balaban J connectivity index is -0.00000144. The maximum atomic E-state index is 10.00. The molecule has 11 nitrogen and oxygen atoms in total. The first-order valence-corrected chi connectivity index (χ1v) is 7.05. The summed E-state index contributed by atoms with van der Waals surface area (Å²) in [6.07, 6.45) is -12.7. The van der Waals surface area contributed by atoms with Crippen LogP contribution < -0.4 is 59.1 Å². The minimum absolute atomic E-state index is 0. The Morgan fingerprint density at radius 1 is 0.800 bits per heavy atom. The predicted octanol–water partition coefficient (Wildman–Crippen LogP) is -11.2. The molecule has 0 bridgehead atoms. The molecule has 0 aromatic heterocycles. The number of hydrogen-bond donors (Lipinski definition) is 8. The summed E-state index contributed by atoms with van der Waals surface area (Å²) in [6, 6.07) is 0. The van der Waals surface area contributed by atoms with Crippen molar-refractivity contribution in [2.45, 2.75) is 54.8 Å². The number of ether oxygens (including phenoxy) is 3. The van der Waals surface area contributed by atoms with Crippen LogP contribution in [0, 0.1) is 0 Å². The van der Waals surface area contributed by atoms with Gasteiger partial charge in [0, 0.05) is 0 Å². The van der Waals surface area contributed by atoms with E-state index in [9.17, 15) is 30.6 Å². The first-order valence-electron chi connectivity index (χ1n) is 7.05. The van der Waals surface area contributed by atoms with E-state index in [2.05, 4.69) is 0 Å². The zero-order chi connectivity index (χ0) is 17.4. The van der Waals surface area contributed by atoms with Crippen molar-refractivity contribution in [3.8, 4) is 0 Å². The maximum absolute atomic E-state index is 10.00. The van der Waals surface area contributed by atoms with Gasteiger partial charge in [-0.1, -0.05) is 0 Å². The summed E-state index contributed by atoms with van der Waals surface area (Å²) in [7, 11) is 0. The van der Waals surface area contributed by atoms with Crippen molar-refractivity contribution >= 4 is 0 Å². The van der Waals surface area contributed by atoms with E-state index < -0.39 is 74.6 Å². The molecule has 2 aliphatic rings. The molecule has 13 heteroatoms. The zero-order valence-electron chi connectivity index (χ0n) is 16.0. The van der Waals surface area contributed by atoms with Crippen LogP contribution in [0.1, 0.15) is 2.85 Å². The van der Waals surface area contributed by atoms with Gasteiger partial charge in [-0.2, -0.15) is 0 Å². The van der Waals surface area contributed by atoms with E-state index in [0.717, 1.165) is 0 Å².